The Hall–Kier alpha value is -1.76. The Bertz CT molecular complexity index is 551. The number of benzene rings is 1. The van der Waals surface area contributed by atoms with Crippen LogP contribution in [-0.4, -0.2) is 30.4 Å². The quantitative estimate of drug-likeness (QED) is 0.705. The van der Waals surface area contributed by atoms with E-state index >= 15 is 0 Å². The minimum Gasteiger partial charge on any atom is -0.506 e. The average molecular weight is 273 g/mol. The molecule has 0 unspecified atom stereocenters. The number of carboxylic acid groups (broad SMARTS) is 1. The summed E-state index contributed by atoms with van der Waals surface area (Å²) in [6.07, 6.45) is 0. The third kappa shape index (κ3) is 3.92. The van der Waals surface area contributed by atoms with Crippen molar-refractivity contribution in [3.05, 3.63) is 23.8 Å². The van der Waals surface area contributed by atoms with Crippen molar-refractivity contribution >= 4 is 21.7 Å². The average Bonchev–Trinajstić information content (AvgIpc) is 2.18. The summed E-state index contributed by atoms with van der Waals surface area (Å²) in [5.74, 6) is -1.74. The second kappa shape index (κ2) is 5.26. The smallest absolute Gasteiger partial charge is 0.335 e. The van der Waals surface area contributed by atoms with Gasteiger partial charge in [-0.2, -0.15) is 0 Å². The lowest BCUT2D eigenvalue weighted by Crippen LogP contribution is -2.20. The summed E-state index contributed by atoms with van der Waals surface area (Å²) in [5, 5.41) is 18.2. The second-order valence-corrected chi connectivity index (χ2v) is 6.08. The molecule has 0 saturated heterocycles. The van der Waals surface area contributed by atoms with Gasteiger partial charge in [-0.05, 0) is 24.1 Å². The first-order chi connectivity index (χ1) is 8.21. The number of phenols is 1. The van der Waals surface area contributed by atoms with E-state index in [4.69, 9.17) is 5.11 Å². The van der Waals surface area contributed by atoms with E-state index in [1.54, 1.807) is 13.8 Å². The van der Waals surface area contributed by atoms with Gasteiger partial charge < -0.3 is 10.2 Å². The maximum absolute atomic E-state index is 11.6. The predicted octanol–water partition coefficient (Wildman–Crippen LogP) is 1.49. The van der Waals surface area contributed by atoms with Crippen LogP contribution in [0.2, 0.25) is 0 Å². The van der Waals surface area contributed by atoms with Gasteiger partial charge in [0.1, 0.15) is 5.75 Å². The highest BCUT2D eigenvalue weighted by Gasteiger charge is 2.15. The Balaban J connectivity index is 2.96. The molecule has 0 atom stereocenters. The van der Waals surface area contributed by atoms with Crippen LogP contribution < -0.4 is 4.72 Å². The zero-order valence-corrected chi connectivity index (χ0v) is 10.9. The fourth-order valence-electron chi connectivity index (χ4n) is 1.40. The molecule has 18 heavy (non-hydrogen) atoms. The van der Waals surface area contributed by atoms with Crippen molar-refractivity contribution in [2.75, 3.05) is 10.5 Å². The number of aromatic hydroxyl groups is 1. The van der Waals surface area contributed by atoms with Crippen LogP contribution >= 0.6 is 0 Å². The van der Waals surface area contributed by atoms with E-state index in [1.165, 1.54) is 12.1 Å². The van der Waals surface area contributed by atoms with Crippen LogP contribution in [0.5, 0.6) is 5.75 Å². The number of rotatable bonds is 5. The Kier molecular flexibility index (Phi) is 4.18. The van der Waals surface area contributed by atoms with Crippen LogP contribution in [0.25, 0.3) is 0 Å². The van der Waals surface area contributed by atoms with Crippen LogP contribution in [0.4, 0.5) is 5.69 Å². The lowest BCUT2D eigenvalue weighted by molar-refractivity contribution is 0.0696. The van der Waals surface area contributed by atoms with Crippen LogP contribution in [0.1, 0.15) is 24.2 Å². The molecular formula is C11H15NO5S. The van der Waals surface area contributed by atoms with Gasteiger partial charge in [0.15, 0.2) is 0 Å². The molecule has 0 aliphatic carbocycles. The van der Waals surface area contributed by atoms with Gasteiger partial charge in [0.25, 0.3) is 0 Å². The highest BCUT2D eigenvalue weighted by Crippen LogP contribution is 2.25. The summed E-state index contributed by atoms with van der Waals surface area (Å²) in [5.41, 5.74) is -0.139. The van der Waals surface area contributed by atoms with Crippen LogP contribution in [0, 0.1) is 5.92 Å². The van der Waals surface area contributed by atoms with Crippen LogP contribution in [-0.2, 0) is 10.0 Å². The molecule has 6 nitrogen and oxygen atoms in total. The van der Waals surface area contributed by atoms with Gasteiger partial charge in [-0.1, -0.05) is 13.8 Å². The van der Waals surface area contributed by atoms with Crippen molar-refractivity contribution in [1.82, 2.24) is 0 Å². The second-order valence-electron chi connectivity index (χ2n) is 4.31. The number of nitrogens with one attached hydrogen (secondary N) is 1. The molecule has 0 saturated carbocycles. The fourth-order valence-corrected chi connectivity index (χ4v) is 2.87. The molecule has 0 radical (unpaired) electrons. The monoisotopic (exact) mass is 273 g/mol. The number of sulfonamides is 1. The molecule has 100 valence electrons. The Morgan fingerprint density at radius 1 is 1.39 bits per heavy atom. The molecule has 0 aliphatic heterocycles. The minimum absolute atomic E-state index is 0.0272. The molecule has 0 aromatic heterocycles. The van der Waals surface area contributed by atoms with E-state index in [0.717, 1.165) is 6.07 Å². The number of anilines is 1. The van der Waals surface area contributed by atoms with Gasteiger partial charge >= 0.3 is 5.97 Å². The summed E-state index contributed by atoms with van der Waals surface area (Å²) in [4.78, 5) is 10.6. The number of carboxylic acids is 1. The van der Waals surface area contributed by atoms with Crippen LogP contribution in [0.15, 0.2) is 18.2 Å². The van der Waals surface area contributed by atoms with Crippen LogP contribution in [0.3, 0.4) is 0 Å². The summed E-state index contributed by atoms with van der Waals surface area (Å²) in [6.45, 7) is 3.51. The molecule has 0 heterocycles. The van der Waals surface area contributed by atoms with Crippen molar-refractivity contribution in [3.63, 3.8) is 0 Å². The molecule has 1 aromatic carbocycles. The van der Waals surface area contributed by atoms with Gasteiger partial charge in [0, 0.05) is 0 Å². The lowest BCUT2D eigenvalue weighted by atomic mass is 10.2. The molecule has 0 amide bonds. The van der Waals surface area contributed by atoms with E-state index in [1.807, 2.05) is 0 Å². The maximum Gasteiger partial charge on any atom is 0.335 e. The molecule has 3 N–H and O–H groups in total. The van der Waals surface area contributed by atoms with E-state index in [0.29, 0.717) is 0 Å². The lowest BCUT2D eigenvalue weighted by Gasteiger charge is -2.11. The number of hydrogen-bond acceptors (Lipinski definition) is 4. The maximum atomic E-state index is 11.6. The van der Waals surface area contributed by atoms with Crippen molar-refractivity contribution in [1.29, 1.82) is 0 Å². The van der Waals surface area contributed by atoms with Gasteiger partial charge in [0.05, 0.1) is 17.0 Å². The third-order valence-electron chi connectivity index (χ3n) is 2.06. The molecular weight excluding hydrogens is 258 g/mol. The highest BCUT2D eigenvalue weighted by molar-refractivity contribution is 7.92. The number of hydrogen-bond donors (Lipinski definition) is 3. The summed E-state index contributed by atoms with van der Waals surface area (Å²) >= 11 is 0. The third-order valence-corrected chi connectivity index (χ3v) is 3.70. The Morgan fingerprint density at radius 3 is 2.44 bits per heavy atom. The molecule has 0 fully saturated rings. The molecule has 7 heteroatoms. The zero-order valence-electron chi connectivity index (χ0n) is 10.0. The Morgan fingerprint density at radius 2 is 2.00 bits per heavy atom. The number of carbonyl (C=O) groups is 1. The Labute approximate surface area is 105 Å². The SMILES string of the molecule is CC(C)CS(=O)(=O)Nc1ccc(C(=O)O)cc1O. The van der Waals surface area contributed by atoms with E-state index in [9.17, 15) is 18.3 Å². The fraction of sp³-hybridized carbons (Fsp3) is 0.364. The normalized spacial score (nSPS) is 11.5. The molecule has 0 spiro atoms. The predicted molar refractivity (Wildman–Crippen MR) is 67.3 cm³/mol. The van der Waals surface area contributed by atoms with Gasteiger partial charge in [-0.3, -0.25) is 4.72 Å². The first kappa shape index (κ1) is 14.3. The molecule has 1 aromatic rings. The highest BCUT2D eigenvalue weighted by atomic mass is 32.2. The van der Waals surface area contributed by atoms with Gasteiger partial charge in [-0.25, -0.2) is 13.2 Å². The first-order valence-electron chi connectivity index (χ1n) is 5.28. The number of phenolic OH excluding ortho intramolecular Hbond substituents is 1. The standard InChI is InChI=1S/C11H15NO5S/c1-7(2)6-18(16,17)12-9-4-3-8(11(14)15)5-10(9)13/h3-5,7,12-13H,6H2,1-2H3,(H,14,15). The first-order valence-corrected chi connectivity index (χ1v) is 6.93. The van der Waals surface area contributed by atoms with E-state index in [2.05, 4.69) is 4.72 Å². The van der Waals surface area contributed by atoms with E-state index < -0.39 is 21.7 Å². The molecule has 1 rings (SSSR count). The van der Waals surface area contributed by atoms with E-state index in [-0.39, 0.29) is 22.9 Å². The van der Waals surface area contributed by atoms with Crippen molar-refractivity contribution in [2.45, 2.75) is 13.8 Å². The number of aromatic carboxylic acids is 1. The van der Waals surface area contributed by atoms with Crippen molar-refractivity contribution < 1.29 is 23.4 Å². The van der Waals surface area contributed by atoms with Crippen molar-refractivity contribution in [3.8, 4) is 5.75 Å². The largest absolute Gasteiger partial charge is 0.506 e. The molecule has 0 bridgehead atoms. The summed E-state index contributed by atoms with van der Waals surface area (Å²) < 4.78 is 25.5. The molecule has 0 aliphatic rings. The van der Waals surface area contributed by atoms with Gasteiger partial charge in [0.2, 0.25) is 10.0 Å². The summed E-state index contributed by atoms with van der Waals surface area (Å²) in [6, 6.07) is 3.43. The van der Waals surface area contributed by atoms with Crippen molar-refractivity contribution in [2.24, 2.45) is 5.92 Å². The zero-order chi connectivity index (χ0) is 13.9. The minimum atomic E-state index is -3.55. The topological polar surface area (TPSA) is 104 Å². The van der Waals surface area contributed by atoms with Gasteiger partial charge in [-0.15, -0.1) is 0 Å². The summed E-state index contributed by atoms with van der Waals surface area (Å²) in [7, 11) is -3.55.